The fourth-order valence-corrected chi connectivity index (χ4v) is 5.14. The Morgan fingerprint density at radius 1 is 0.417 bits per heavy atom. The molecule has 0 spiro atoms. The van der Waals surface area contributed by atoms with E-state index in [1.807, 2.05) is 20.8 Å². The number of hydrogen-bond donors (Lipinski definition) is 1. The smallest absolute Gasteiger partial charge is 0.870 e. The number of carbonyl (C=O) groups is 2. The fourth-order valence-electron chi connectivity index (χ4n) is 5.14. The van der Waals surface area contributed by atoms with E-state index in [0.717, 1.165) is 109 Å². The van der Waals surface area contributed by atoms with Crippen LogP contribution in [-0.4, -0.2) is 29.1 Å². The second-order valence-corrected chi connectivity index (χ2v) is 15.4. The van der Waals surface area contributed by atoms with Gasteiger partial charge in [-0.25, -0.2) is 0 Å². The molecule has 2 N–H and O–H groups in total. The zero-order chi connectivity index (χ0) is 43.3. The second-order valence-electron chi connectivity index (χ2n) is 15.4. The summed E-state index contributed by atoms with van der Waals surface area (Å²) in [5.74, 6) is -0.803. The first-order chi connectivity index (χ1) is 28.0. The first kappa shape index (κ1) is 64.0. The fraction of sp³-hybridized carbons (Fsp3) is 0.519. The summed E-state index contributed by atoms with van der Waals surface area (Å²) in [7, 11) is 0. The van der Waals surface area contributed by atoms with Crippen molar-refractivity contribution in [2.45, 2.75) is 164 Å². The van der Waals surface area contributed by atoms with Crippen LogP contribution in [0, 0.1) is 10.8 Å². The number of esters is 1. The Morgan fingerprint density at radius 2 is 0.650 bits per heavy atom. The molecule has 0 heterocycles. The van der Waals surface area contributed by atoms with Crippen molar-refractivity contribution in [3.05, 3.63) is 146 Å². The van der Waals surface area contributed by atoms with Gasteiger partial charge in [-0.1, -0.05) is 160 Å². The summed E-state index contributed by atoms with van der Waals surface area (Å²) < 4.78 is 5.12. The Bertz CT molecular complexity index is 1360. The third-order valence-corrected chi connectivity index (χ3v) is 8.95. The topological polar surface area (TPSA) is 93.6 Å². The van der Waals surface area contributed by atoms with E-state index in [2.05, 4.69) is 160 Å². The molecule has 0 unspecified atom stereocenters. The van der Waals surface area contributed by atoms with Gasteiger partial charge in [-0.05, 0) is 150 Å². The predicted molar refractivity (Wildman–Crippen MR) is 258 cm³/mol. The van der Waals surface area contributed by atoms with Crippen LogP contribution in [0.15, 0.2) is 146 Å². The maximum atomic E-state index is 11.8. The minimum atomic E-state index is -0.713. The molecule has 6 heteroatoms. The van der Waals surface area contributed by atoms with Crippen molar-refractivity contribution in [3.63, 3.8) is 0 Å². The maximum absolute atomic E-state index is 11.8. The Balaban J connectivity index is -0.000000507. The molecule has 0 aromatic carbocycles. The van der Waals surface area contributed by atoms with Crippen molar-refractivity contribution >= 4 is 11.9 Å². The summed E-state index contributed by atoms with van der Waals surface area (Å²) in [6, 6.07) is 0. The van der Waals surface area contributed by atoms with E-state index < -0.39 is 11.4 Å². The first-order valence-corrected chi connectivity index (χ1v) is 22.3. The third kappa shape index (κ3) is 48.1. The average molecular weight is 853 g/mol. The van der Waals surface area contributed by atoms with Gasteiger partial charge in [0.1, 0.15) is 0 Å². The second kappa shape index (κ2) is 49.1. The van der Waals surface area contributed by atoms with Gasteiger partial charge in [-0.15, -0.1) is 0 Å². The third-order valence-electron chi connectivity index (χ3n) is 8.95. The molecule has 5 nitrogen and oxygen atoms in total. The molecule has 0 bridgehead atoms. The number of carboxylic acid groups (broad SMARTS) is 1. The molecule has 332 valence electrons. The van der Waals surface area contributed by atoms with Crippen molar-refractivity contribution in [1.29, 1.82) is 0 Å². The molecule has 60 heavy (non-hydrogen) atoms. The monoisotopic (exact) mass is 853 g/mol. The zero-order valence-electron chi connectivity index (χ0n) is 39.4. The number of allylic oxidation sites excluding steroid dienone is 24. The molecule has 0 radical (unpaired) electrons. The molecular formula is C54H85KO5. The van der Waals surface area contributed by atoms with E-state index in [0.29, 0.717) is 13.0 Å². The summed E-state index contributed by atoms with van der Waals surface area (Å²) in [6.07, 6.45) is 70.5. The van der Waals surface area contributed by atoms with Crippen molar-refractivity contribution < 1.29 is 76.3 Å². The summed E-state index contributed by atoms with van der Waals surface area (Å²) in [5.41, 5.74) is -0.994. The quantitative estimate of drug-likeness (QED) is 0.0307. The van der Waals surface area contributed by atoms with Crippen LogP contribution in [0.1, 0.15) is 164 Å². The van der Waals surface area contributed by atoms with Gasteiger partial charge in [0.05, 0.1) is 17.4 Å². The Morgan fingerprint density at radius 3 is 0.883 bits per heavy atom. The Kier molecular flexibility index (Phi) is 52.4. The van der Waals surface area contributed by atoms with Gasteiger partial charge in [0.2, 0.25) is 0 Å². The van der Waals surface area contributed by atoms with Gasteiger partial charge < -0.3 is 15.3 Å². The number of unbranched alkanes of at least 4 members (excludes halogenated alkanes) is 2. The van der Waals surface area contributed by atoms with Gasteiger partial charge in [-0.2, -0.15) is 0 Å². The minimum absolute atomic E-state index is 0. The summed E-state index contributed by atoms with van der Waals surface area (Å²) >= 11 is 0. The first-order valence-electron chi connectivity index (χ1n) is 22.3. The minimum Gasteiger partial charge on any atom is -0.870 e. The zero-order valence-corrected chi connectivity index (χ0v) is 42.5. The molecule has 0 aliphatic carbocycles. The van der Waals surface area contributed by atoms with E-state index in [4.69, 9.17) is 9.84 Å². The Labute approximate surface area is 411 Å². The van der Waals surface area contributed by atoms with Crippen LogP contribution in [0.2, 0.25) is 0 Å². The standard InChI is InChI=1S/C28H44O2.C26H40O2.K.H2O/c1-5-7-8-9-10-11-12-13-14-15-16-17-18-19-20-21-22-23-24-25-26-28(3,4)27(29)30-6-2;1-4-5-6-7-8-9-10-11-12-13-14-15-16-17-18-19-20-21-22-23-24-26(2,3)25(27)28;;/h7-8,10-11,13-14,16-17,19-20,22-23H,5-6,9,12,15,18,21,24-26H2,1-4H3;5-6,8-9,11-12,14-15,17-18,20-21H,4,7,10,13,16,19,22-24H2,1-3H3,(H,27,28);;1H2/q;;+1;/p-1/b8-7-,11-10-,14-13-,17-16-,20-19-,23-22-;6-5-,9-8-,12-11-,15-14-,18-17-,21-20-;;. The van der Waals surface area contributed by atoms with Crippen LogP contribution >= 0.6 is 0 Å². The normalized spacial score (nSPS) is 13.0. The molecule has 0 atom stereocenters. The number of rotatable bonds is 33. The molecule has 0 amide bonds. The van der Waals surface area contributed by atoms with Crippen molar-refractivity contribution in [3.8, 4) is 0 Å². The van der Waals surface area contributed by atoms with Crippen molar-refractivity contribution in [1.82, 2.24) is 0 Å². The van der Waals surface area contributed by atoms with E-state index in [1.165, 1.54) is 0 Å². The summed E-state index contributed by atoms with van der Waals surface area (Å²) in [6.45, 7) is 14.1. The molecule has 0 aromatic rings. The van der Waals surface area contributed by atoms with Crippen LogP contribution in [0.5, 0.6) is 0 Å². The predicted octanol–water partition coefficient (Wildman–Crippen LogP) is 13.2. The number of carboxylic acids is 1. The molecule has 0 aliphatic heterocycles. The van der Waals surface area contributed by atoms with Crippen LogP contribution in [0.3, 0.4) is 0 Å². The van der Waals surface area contributed by atoms with Crippen LogP contribution in [0.25, 0.3) is 0 Å². The molecule has 0 aromatic heterocycles. The number of ether oxygens (including phenoxy) is 1. The molecule has 0 saturated carbocycles. The van der Waals surface area contributed by atoms with Crippen LogP contribution in [-0.2, 0) is 14.3 Å². The van der Waals surface area contributed by atoms with Gasteiger partial charge in [0, 0.05) is 0 Å². The van der Waals surface area contributed by atoms with Crippen LogP contribution in [0.4, 0.5) is 0 Å². The van der Waals surface area contributed by atoms with Gasteiger partial charge in [0.15, 0.2) is 0 Å². The van der Waals surface area contributed by atoms with Crippen molar-refractivity contribution in [2.75, 3.05) is 6.61 Å². The molecule has 0 aliphatic rings. The molecule has 0 saturated heterocycles. The summed E-state index contributed by atoms with van der Waals surface area (Å²) in [5, 5.41) is 9.06. The van der Waals surface area contributed by atoms with Gasteiger partial charge in [-0.3, -0.25) is 9.59 Å². The number of carbonyl (C=O) groups excluding carboxylic acids is 1. The van der Waals surface area contributed by atoms with E-state index in [-0.39, 0.29) is 68.2 Å². The maximum Gasteiger partial charge on any atom is 1.00 e. The molecular weight excluding hydrogens is 768 g/mol. The average Bonchev–Trinajstić information content (AvgIpc) is 3.19. The van der Waals surface area contributed by atoms with Gasteiger partial charge in [0.25, 0.3) is 0 Å². The SMILES string of the molecule is CC/C=C\C/C=C\C/C=C\C/C=C\C/C=C\C/C=C\CCCC(C)(C)C(=O)O.CC/C=C\C/C=C\C/C=C\C/C=C\C/C=C\C/C=C\CCCC(C)(C)C(=O)OCC.[K+].[OH-]. The van der Waals surface area contributed by atoms with Gasteiger partial charge >= 0.3 is 63.3 Å². The van der Waals surface area contributed by atoms with Crippen LogP contribution < -0.4 is 51.4 Å². The molecule has 0 fully saturated rings. The van der Waals surface area contributed by atoms with Crippen molar-refractivity contribution in [2.24, 2.45) is 10.8 Å². The summed E-state index contributed by atoms with van der Waals surface area (Å²) in [4.78, 5) is 22.8. The van der Waals surface area contributed by atoms with E-state index >= 15 is 0 Å². The Hall–Kier alpha value is -2.58. The largest absolute Gasteiger partial charge is 1.00 e. The number of aliphatic carboxylic acids is 1. The number of hydrogen-bond acceptors (Lipinski definition) is 4. The van der Waals surface area contributed by atoms with E-state index in [9.17, 15) is 9.59 Å². The van der Waals surface area contributed by atoms with E-state index in [1.54, 1.807) is 13.8 Å². The molecule has 0 rings (SSSR count).